The number of imidazole rings is 1. The smallest absolute Gasteiger partial charge is 0.355 e. The normalized spacial score (nSPS) is 12.1. The van der Waals surface area contributed by atoms with E-state index >= 15 is 0 Å². The number of nitrogens with zero attached hydrogens (tertiary/aromatic N) is 2. The maximum Gasteiger partial charge on any atom is 0.390 e. The molecule has 0 aromatic carbocycles. The summed E-state index contributed by atoms with van der Waals surface area (Å²) < 4.78 is 37.6. The van der Waals surface area contributed by atoms with Gasteiger partial charge >= 0.3 is 6.18 Å². The lowest BCUT2D eigenvalue weighted by Crippen LogP contribution is -2.17. The number of anilines is 1. The topological polar surface area (TPSA) is 29.9 Å². The Labute approximate surface area is 92.7 Å². The number of aromatic nitrogens is 2. The summed E-state index contributed by atoms with van der Waals surface area (Å²) in [7, 11) is 0. The van der Waals surface area contributed by atoms with Crippen LogP contribution in [0, 0.1) is 5.92 Å². The quantitative estimate of drug-likeness (QED) is 0.850. The zero-order chi connectivity index (χ0) is 12.2. The van der Waals surface area contributed by atoms with Gasteiger partial charge in [0.25, 0.3) is 0 Å². The maximum atomic E-state index is 11.9. The maximum absolute atomic E-state index is 11.9. The first-order valence-corrected chi connectivity index (χ1v) is 5.20. The van der Waals surface area contributed by atoms with Crippen molar-refractivity contribution in [3.63, 3.8) is 0 Å². The van der Waals surface area contributed by atoms with Gasteiger partial charge in [-0.2, -0.15) is 13.2 Å². The van der Waals surface area contributed by atoms with Crippen molar-refractivity contribution in [2.75, 3.05) is 11.9 Å². The number of nitrogens with one attached hydrogen (secondary N) is 1. The van der Waals surface area contributed by atoms with E-state index in [-0.39, 0.29) is 6.54 Å². The van der Waals surface area contributed by atoms with Gasteiger partial charge in [0.15, 0.2) is 0 Å². The van der Waals surface area contributed by atoms with Crippen LogP contribution in [0.5, 0.6) is 0 Å². The molecule has 0 unspecified atom stereocenters. The van der Waals surface area contributed by atoms with E-state index in [2.05, 4.69) is 10.3 Å². The van der Waals surface area contributed by atoms with Crippen LogP contribution in [0.3, 0.4) is 0 Å². The summed E-state index contributed by atoms with van der Waals surface area (Å²) in [6, 6.07) is 0. The lowest BCUT2D eigenvalue weighted by molar-refractivity contribution is -0.131. The molecule has 0 fully saturated rings. The molecule has 0 aliphatic rings. The van der Waals surface area contributed by atoms with Gasteiger partial charge in [0, 0.05) is 25.5 Å². The molecule has 0 saturated carbocycles. The summed E-state index contributed by atoms with van der Waals surface area (Å²) in [5, 5.41) is 2.69. The Hall–Kier alpha value is -1.20. The Balaban J connectivity index is 2.45. The van der Waals surface area contributed by atoms with Crippen LogP contribution in [0.1, 0.15) is 20.3 Å². The summed E-state index contributed by atoms with van der Waals surface area (Å²) >= 11 is 0. The third kappa shape index (κ3) is 4.55. The van der Waals surface area contributed by atoms with E-state index in [0.717, 1.165) is 6.54 Å². The summed E-state index contributed by atoms with van der Waals surface area (Å²) in [5.74, 6) is 0.926. The third-order valence-corrected chi connectivity index (χ3v) is 1.97. The van der Waals surface area contributed by atoms with Crippen molar-refractivity contribution in [3.8, 4) is 0 Å². The molecule has 6 heteroatoms. The fourth-order valence-electron chi connectivity index (χ4n) is 1.33. The monoisotopic (exact) mass is 235 g/mol. The highest BCUT2D eigenvalue weighted by atomic mass is 19.4. The highest BCUT2D eigenvalue weighted by Crippen LogP contribution is 2.19. The average Bonchev–Trinajstić information content (AvgIpc) is 2.49. The Morgan fingerprint density at radius 1 is 1.44 bits per heavy atom. The van der Waals surface area contributed by atoms with Gasteiger partial charge in [-0.15, -0.1) is 0 Å². The zero-order valence-electron chi connectivity index (χ0n) is 9.38. The van der Waals surface area contributed by atoms with Crippen LogP contribution in [0.25, 0.3) is 0 Å². The first-order valence-electron chi connectivity index (χ1n) is 5.20. The molecule has 92 valence electrons. The zero-order valence-corrected chi connectivity index (χ0v) is 9.38. The van der Waals surface area contributed by atoms with E-state index in [4.69, 9.17) is 0 Å². The molecule has 1 N–H and O–H groups in total. The number of halogens is 3. The van der Waals surface area contributed by atoms with Gasteiger partial charge in [-0.05, 0) is 5.92 Å². The molecule has 1 rings (SSSR count). The molecule has 0 bridgehead atoms. The van der Waals surface area contributed by atoms with Crippen molar-refractivity contribution < 1.29 is 13.2 Å². The molecule has 0 aliphatic carbocycles. The van der Waals surface area contributed by atoms with Crippen molar-refractivity contribution in [2.45, 2.75) is 33.0 Å². The highest BCUT2D eigenvalue weighted by Gasteiger charge is 2.26. The van der Waals surface area contributed by atoms with Gasteiger partial charge in [-0.25, -0.2) is 4.98 Å². The van der Waals surface area contributed by atoms with Gasteiger partial charge in [0.05, 0.1) is 6.42 Å². The molecular weight excluding hydrogens is 219 g/mol. The van der Waals surface area contributed by atoms with E-state index in [1.165, 1.54) is 0 Å². The van der Waals surface area contributed by atoms with E-state index in [9.17, 15) is 13.2 Å². The number of rotatable bonds is 5. The molecule has 0 amide bonds. The minimum absolute atomic E-state index is 0.140. The van der Waals surface area contributed by atoms with Crippen LogP contribution in [0.2, 0.25) is 0 Å². The molecule has 0 radical (unpaired) electrons. The molecule has 16 heavy (non-hydrogen) atoms. The fourth-order valence-corrected chi connectivity index (χ4v) is 1.33. The molecule has 1 aromatic heterocycles. The van der Waals surface area contributed by atoms with Crippen LogP contribution in [-0.2, 0) is 6.54 Å². The minimum Gasteiger partial charge on any atom is -0.355 e. The predicted octanol–water partition coefficient (Wildman–Crippen LogP) is 2.90. The molecule has 3 nitrogen and oxygen atoms in total. The molecule has 0 atom stereocenters. The van der Waals surface area contributed by atoms with E-state index < -0.39 is 12.6 Å². The molecule has 0 aliphatic heterocycles. The average molecular weight is 235 g/mol. The van der Waals surface area contributed by atoms with Crippen LogP contribution in [-0.4, -0.2) is 22.3 Å². The Bertz CT molecular complexity index is 317. The minimum atomic E-state index is -4.12. The second-order valence-electron chi connectivity index (χ2n) is 4.09. The van der Waals surface area contributed by atoms with Gasteiger partial charge < -0.3 is 9.88 Å². The first kappa shape index (κ1) is 12.9. The second-order valence-corrected chi connectivity index (χ2v) is 4.09. The van der Waals surface area contributed by atoms with Crippen LogP contribution in [0.15, 0.2) is 12.4 Å². The van der Waals surface area contributed by atoms with Gasteiger partial charge in [-0.3, -0.25) is 0 Å². The largest absolute Gasteiger partial charge is 0.390 e. The van der Waals surface area contributed by atoms with Crippen LogP contribution < -0.4 is 5.32 Å². The van der Waals surface area contributed by atoms with Crippen molar-refractivity contribution in [1.82, 2.24) is 9.55 Å². The SMILES string of the molecule is CC(C)Cn1ccnc1NCCC(F)(F)F. The van der Waals surface area contributed by atoms with E-state index in [1.807, 2.05) is 18.4 Å². The molecular formula is C10H16F3N3. The fraction of sp³-hybridized carbons (Fsp3) is 0.700. The highest BCUT2D eigenvalue weighted by molar-refractivity contribution is 5.25. The summed E-state index contributed by atoms with van der Waals surface area (Å²) in [6.07, 6.45) is -1.63. The Morgan fingerprint density at radius 2 is 2.12 bits per heavy atom. The van der Waals surface area contributed by atoms with Crippen LogP contribution >= 0.6 is 0 Å². The van der Waals surface area contributed by atoms with Gasteiger partial charge in [-0.1, -0.05) is 13.8 Å². The van der Waals surface area contributed by atoms with E-state index in [0.29, 0.717) is 11.9 Å². The molecule has 1 aromatic rings. The van der Waals surface area contributed by atoms with Gasteiger partial charge in [0.2, 0.25) is 5.95 Å². The summed E-state index contributed by atoms with van der Waals surface area (Å²) in [5.41, 5.74) is 0. The van der Waals surface area contributed by atoms with Gasteiger partial charge in [0.1, 0.15) is 0 Å². The Morgan fingerprint density at radius 3 is 2.69 bits per heavy atom. The number of hydrogen-bond donors (Lipinski definition) is 1. The van der Waals surface area contributed by atoms with Crippen LogP contribution in [0.4, 0.5) is 19.1 Å². The summed E-state index contributed by atoms with van der Waals surface area (Å²) in [4.78, 5) is 3.97. The number of alkyl halides is 3. The molecule has 0 spiro atoms. The Kier molecular flexibility index (Phi) is 4.20. The van der Waals surface area contributed by atoms with Crippen molar-refractivity contribution >= 4 is 5.95 Å². The molecule has 1 heterocycles. The molecule has 0 saturated heterocycles. The first-order chi connectivity index (χ1) is 7.38. The predicted molar refractivity (Wildman–Crippen MR) is 56.2 cm³/mol. The second kappa shape index (κ2) is 5.23. The number of hydrogen-bond acceptors (Lipinski definition) is 2. The lowest BCUT2D eigenvalue weighted by Gasteiger charge is -2.12. The van der Waals surface area contributed by atoms with Crippen molar-refractivity contribution in [3.05, 3.63) is 12.4 Å². The standard InChI is InChI=1S/C10H16F3N3/c1-8(2)7-16-6-5-15-9(16)14-4-3-10(11,12)13/h5-6,8H,3-4,7H2,1-2H3,(H,14,15). The summed E-state index contributed by atoms with van der Waals surface area (Å²) in [6.45, 7) is 4.69. The van der Waals surface area contributed by atoms with Crippen molar-refractivity contribution in [2.24, 2.45) is 5.92 Å². The van der Waals surface area contributed by atoms with E-state index in [1.54, 1.807) is 12.4 Å². The third-order valence-electron chi connectivity index (χ3n) is 1.97. The lowest BCUT2D eigenvalue weighted by atomic mass is 10.2. The van der Waals surface area contributed by atoms with Crippen molar-refractivity contribution in [1.29, 1.82) is 0 Å².